The van der Waals surface area contributed by atoms with E-state index in [0.29, 0.717) is 5.92 Å². The SMILES string of the molecule is CNC1(C#N)CCCC1CCN1CCCC(C)(OC)C1. The Hall–Kier alpha value is -0.630. The Labute approximate surface area is 123 Å². The van der Waals surface area contributed by atoms with Crippen LogP contribution in [-0.4, -0.2) is 49.8 Å². The standard InChI is InChI=1S/C16H29N3O/c1-15(20-3)8-5-10-19(13-15)11-7-14-6-4-9-16(14,12-17)18-2/h14,18H,4-11,13H2,1-3H3. The molecule has 4 nitrogen and oxygen atoms in total. The highest BCUT2D eigenvalue weighted by atomic mass is 16.5. The Kier molecular flexibility index (Phi) is 5.06. The van der Waals surface area contributed by atoms with Crippen LogP contribution >= 0.6 is 0 Å². The lowest BCUT2D eigenvalue weighted by molar-refractivity contribution is -0.0517. The van der Waals surface area contributed by atoms with Crippen molar-refractivity contribution in [1.29, 1.82) is 5.26 Å². The number of likely N-dealkylation sites (tertiary alicyclic amines) is 1. The number of nitrogens with zero attached hydrogens (tertiary/aromatic N) is 2. The summed E-state index contributed by atoms with van der Waals surface area (Å²) in [6.45, 7) is 5.50. The molecule has 114 valence electrons. The summed E-state index contributed by atoms with van der Waals surface area (Å²) in [6, 6.07) is 2.54. The molecule has 20 heavy (non-hydrogen) atoms. The van der Waals surface area contributed by atoms with Crippen LogP contribution in [-0.2, 0) is 4.74 Å². The third-order valence-electron chi connectivity index (χ3n) is 5.49. The molecule has 0 aromatic heterocycles. The van der Waals surface area contributed by atoms with Gasteiger partial charge < -0.3 is 15.0 Å². The molecule has 3 atom stereocenters. The summed E-state index contributed by atoms with van der Waals surface area (Å²) in [5.74, 6) is 0.494. The van der Waals surface area contributed by atoms with Crippen LogP contribution in [0.5, 0.6) is 0 Å². The van der Waals surface area contributed by atoms with Gasteiger partial charge in [-0.1, -0.05) is 6.42 Å². The minimum atomic E-state index is -0.277. The molecule has 0 bridgehead atoms. The minimum Gasteiger partial charge on any atom is -0.377 e. The quantitative estimate of drug-likeness (QED) is 0.838. The van der Waals surface area contributed by atoms with Crippen molar-refractivity contribution in [1.82, 2.24) is 10.2 Å². The molecule has 3 unspecified atom stereocenters. The van der Waals surface area contributed by atoms with Crippen molar-refractivity contribution in [2.45, 2.75) is 56.6 Å². The van der Waals surface area contributed by atoms with Crippen LogP contribution in [0.3, 0.4) is 0 Å². The molecule has 2 aliphatic rings. The fraction of sp³-hybridized carbons (Fsp3) is 0.938. The predicted octanol–water partition coefficient (Wildman–Crippen LogP) is 2.16. The van der Waals surface area contributed by atoms with Gasteiger partial charge in [-0.25, -0.2) is 0 Å². The molecule has 4 heteroatoms. The second-order valence-electron chi connectivity index (χ2n) is 6.74. The van der Waals surface area contributed by atoms with E-state index >= 15 is 0 Å². The first-order valence-corrected chi connectivity index (χ1v) is 7.95. The van der Waals surface area contributed by atoms with E-state index in [0.717, 1.165) is 32.4 Å². The van der Waals surface area contributed by atoms with Gasteiger partial charge in [-0.15, -0.1) is 0 Å². The van der Waals surface area contributed by atoms with Gasteiger partial charge in [0.1, 0.15) is 5.54 Å². The number of nitrogens with one attached hydrogen (secondary N) is 1. The van der Waals surface area contributed by atoms with Gasteiger partial charge in [-0.2, -0.15) is 5.26 Å². The van der Waals surface area contributed by atoms with Gasteiger partial charge in [0.05, 0.1) is 11.7 Å². The van der Waals surface area contributed by atoms with Crippen LogP contribution < -0.4 is 5.32 Å². The molecular formula is C16H29N3O. The first-order valence-electron chi connectivity index (χ1n) is 7.95. The van der Waals surface area contributed by atoms with Crippen molar-refractivity contribution in [2.24, 2.45) is 5.92 Å². The molecule has 2 fully saturated rings. The Morgan fingerprint density at radius 1 is 1.40 bits per heavy atom. The number of rotatable bonds is 5. The maximum Gasteiger partial charge on any atom is 0.109 e. The minimum absolute atomic E-state index is 0.0171. The van der Waals surface area contributed by atoms with Gasteiger partial charge in [0.2, 0.25) is 0 Å². The van der Waals surface area contributed by atoms with Gasteiger partial charge in [0.15, 0.2) is 0 Å². The van der Waals surface area contributed by atoms with Gasteiger partial charge in [0, 0.05) is 13.7 Å². The summed E-state index contributed by atoms with van der Waals surface area (Å²) in [6.07, 6.45) is 6.85. The van der Waals surface area contributed by atoms with Gasteiger partial charge in [-0.05, 0) is 65.1 Å². The summed E-state index contributed by atoms with van der Waals surface area (Å²) in [5.41, 5.74) is -0.260. The lowest BCUT2D eigenvalue weighted by Gasteiger charge is -2.40. The summed E-state index contributed by atoms with van der Waals surface area (Å²) < 4.78 is 5.66. The number of nitriles is 1. The molecule has 0 radical (unpaired) electrons. The average molecular weight is 279 g/mol. The monoisotopic (exact) mass is 279 g/mol. The van der Waals surface area contributed by atoms with Gasteiger partial charge in [-0.3, -0.25) is 0 Å². The lowest BCUT2D eigenvalue weighted by Crippen LogP contribution is -2.49. The third kappa shape index (κ3) is 3.16. The Bertz CT molecular complexity index is 367. The van der Waals surface area contributed by atoms with E-state index in [9.17, 15) is 5.26 Å². The third-order valence-corrected chi connectivity index (χ3v) is 5.49. The Balaban J connectivity index is 1.87. The van der Waals surface area contributed by atoms with Crippen molar-refractivity contribution in [3.05, 3.63) is 0 Å². The number of methoxy groups -OCH3 is 1. The molecule has 0 spiro atoms. The van der Waals surface area contributed by atoms with E-state index < -0.39 is 0 Å². The maximum absolute atomic E-state index is 9.50. The van der Waals surface area contributed by atoms with E-state index in [1.54, 1.807) is 0 Å². The van der Waals surface area contributed by atoms with Crippen molar-refractivity contribution in [3.63, 3.8) is 0 Å². The molecule has 1 saturated carbocycles. The Morgan fingerprint density at radius 2 is 2.20 bits per heavy atom. The molecule has 1 saturated heterocycles. The first kappa shape index (κ1) is 15.8. The zero-order chi connectivity index (χ0) is 14.6. The van der Waals surface area contributed by atoms with Crippen molar-refractivity contribution in [2.75, 3.05) is 33.8 Å². The summed E-state index contributed by atoms with van der Waals surface area (Å²) in [4.78, 5) is 2.52. The number of hydrogen-bond acceptors (Lipinski definition) is 4. The Morgan fingerprint density at radius 3 is 2.85 bits per heavy atom. The highest BCUT2D eigenvalue weighted by Crippen LogP contribution is 2.37. The second kappa shape index (κ2) is 6.43. The van der Waals surface area contributed by atoms with E-state index in [4.69, 9.17) is 4.74 Å². The van der Waals surface area contributed by atoms with Crippen LogP contribution in [0.1, 0.15) is 45.4 Å². The summed E-state index contributed by atoms with van der Waals surface area (Å²) in [7, 11) is 3.76. The van der Waals surface area contributed by atoms with E-state index in [2.05, 4.69) is 23.2 Å². The van der Waals surface area contributed by atoms with Crippen LogP contribution in [0.2, 0.25) is 0 Å². The van der Waals surface area contributed by atoms with Crippen LogP contribution in [0.4, 0.5) is 0 Å². The molecule has 2 rings (SSSR count). The first-order chi connectivity index (χ1) is 9.57. The smallest absolute Gasteiger partial charge is 0.109 e. The molecule has 1 heterocycles. The number of piperidine rings is 1. The van der Waals surface area contributed by atoms with Crippen molar-refractivity contribution >= 4 is 0 Å². The maximum atomic E-state index is 9.50. The number of hydrogen-bond donors (Lipinski definition) is 1. The van der Waals surface area contributed by atoms with E-state index in [1.807, 2.05) is 14.2 Å². The predicted molar refractivity (Wildman–Crippen MR) is 80.4 cm³/mol. The van der Waals surface area contributed by atoms with Gasteiger partial charge in [0.25, 0.3) is 0 Å². The molecular weight excluding hydrogens is 250 g/mol. The topological polar surface area (TPSA) is 48.3 Å². The molecule has 0 aromatic rings. The zero-order valence-electron chi connectivity index (χ0n) is 13.2. The fourth-order valence-electron chi connectivity index (χ4n) is 4.00. The molecule has 1 N–H and O–H groups in total. The molecule has 0 amide bonds. The van der Waals surface area contributed by atoms with Crippen molar-refractivity contribution in [3.8, 4) is 6.07 Å². The van der Waals surface area contributed by atoms with Crippen molar-refractivity contribution < 1.29 is 4.74 Å². The van der Waals surface area contributed by atoms with Gasteiger partial charge >= 0.3 is 0 Å². The summed E-state index contributed by atoms with van der Waals surface area (Å²) >= 11 is 0. The van der Waals surface area contributed by atoms with E-state index in [1.165, 1.54) is 25.8 Å². The van der Waals surface area contributed by atoms with Crippen LogP contribution in [0.15, 0.2) is 0 Å². The average Bonchev–Trinajstić information content (AvgIpc) is 2.89. The highest BCUT2D eigenvalue weighted by molar-refractivity contribution is 5.13. The molecule has 0 aromatic carbocycles. The van der Waals surface area contributed by atoms with Crippen LogP contribution in [0, 0.1) is 17.2 Å². The summed E-state index contributed by atoms with van der Waals surface area (Å²) in [5, 5.41) is 12.8. The molecule has 1 aliphatic heterocycles. The normalized spacial score (nSPS) is 38.8. The molecule has 1 aliphatic carbocycles. The zero-order valence-corrected chi connectivity index (χ0v) is 13.2. The number of ether oxygens (including phenoxy) is 1. The van der Waals surface area contributed by atoms with Crippen LogP contribution in [0.25, 0.3) is 0 Å². The highest BCUT2D eigenvalue weighted by Gasteiger charge is 2.42. The lowest BCUT2D eigenvalue weighted by atomic mass is 9.85. The fourth-order valence-corrected chi connectivity index (χ4v) is 4.00. The second-order valence-corrected chi connectivity index (χ2v) is 6.74. The van der Waals surface area contributed by atoms with E-state index in [-0.39, 0.29) is 11.1 Å². The largest absolute Gasteiger partial charge is 0.377 e.